The summed E-state index contributed by atoms with van der Waals surface area (Å²) >= 11 is 0. The largest absolute Gasteiger partial charge is 0.416 e. The standard InChI is InChI=1S/C18H16F4N2O3S/c19-15-5-1-3-13(11-15)17(25)23-7-9-24(10-8-23)28(26,27)16-6-2-4-14(12-16)18(20,21)22/h1-6,11-12H,7-10H2. The van der Waals surface area contributed by atoms with Crippen molar-refractivity contribution >= 4 is 15.9 Å². The molecule has 1 saturated heterocycles. The van der Waals surface area contributed by atoms with Gasteiger partial charge in [0.25, 0.3) is 5.91 Å². The summed E-state index contributed by atoms with van der Waals surface area (Å²) in [5.74, 6) is -0.993. The van der Waals surface area contributed by atoms with Crippen LogP contribution in [0.15, 0.2) is 53.4 Å². The van der Waals surface area contributed by atoms with Gasteiger partial charge in [-0.1, -0.05) is 12.1 Å². The molecule has 0 aromatic heterocycles. The number of hydrogen-bond donors (Lipinski definition) is 0. The molecule has 1 amide bonds. The lowest BCUT2D eigenvalue weighted by Gasteiger charge is -2.34. The van der Waals surface area contributed by atoms with Gasteiger partial charge in [-0.05, 0) is 36.4 Å². The van der Waals surface area contributed by atoms with Crippen molar-refractivity contribution in [1.82, 2.24) is 9.21 Å². The second-order valence-corrected chi connectivity index (χ2v) is 8.17. The van der Waals surface area contributed by atoms with Crippen LogP contribution >= 0.6 is 0 Å². The van der Waals surface area contributed by atoms with E-state index in [4.69, 9.17) is 0 Å². The molecule has 0 bridgehead atoms. The number of rotatable bonds is 3. The van der Waals surface area contributed by atoms with Crippen molar-refractivity contribution in [3.8, 4) is 0 Å². The summed E-state index contributed by atoms with van der Waals surface area (Å²) in [6.45, 7) is -0.0413. The monoisotopic (exact) mass is 416 g/mol. The molecule has 28 heavy (non-hydrogen) atoms. The zero-order valence-corrected chi connectivity index (χ0v) is 15.3. The SMILES string of the molecule is O=C(c1cccc(F)c1)N1CCN(S(=O)(=O)c2cccc(C(F)(F)F)c2)CC1. The van der Waals surface area contributed by atoms with E-state index in [0.717, 1.165) is 28.6 Å². The Hall–Kier alpha value is -2.46. The van der Waals surface area contributed by atoms with Gasteiger partial charge >= 0.3 is 6.18 Å². The summed E-state index contributed by atoms with van der Waals surface area (Å²) in [6.07, 6.45) is -4.65. The number of nitrogens with zero attached hydrogens (tertiary/aromatic N) is 2. The molecule has 1 fully saturated rings. The molecular formula is C18H16F4N2O3S. The molecule has 0 atom stereocenters. The van der Waals surface area contributed by atoms with Gasteiger partial charge in [-0.3, -0.25) is 4.79 Å². The first kappa shape index (κ1) is 20.3. The number of sulfonamides is 1. The third kappa shape index (κ3) is 4.17. The van der Waals surface area contributed by atoms with Crippen LogP contribution in [0.5, 0.6) is 0 Å². The molecule has 2 aromatic carbocycles. The Morgan fingerprint density at radius 3 is 2.18 bits per heavy atom. The fourth-order valence-electron chi connectivity index (χ4n) is 2.92. The molecular weight excluding hydrogens is 400 g/mol. The van der Waals surface area contributed by atoms with Crippen LogP contribution in [0.3, 0.4) is 0 Å². The minimum Gasteiger partial charge on any atom is -0.336 e. The molecule has 0 unspecified atom stereocenters. The third-order valence-corrected chi connectivity index (χ3v) is 6.29. The summed E-state index contributed by atoms with van der Waals surface area (Å²) < 4.78 is 78.2. The lowest BCUT2D eigenvalue weighted by Crippen LogP contribution is -2.50. The van der Waals surface area contributed by atoms with Crippen molar-refractivity contribution in [2.24, 2.45) is 0 Å². The van der Waals surface area contributed by atoms with Gasteiger partial charge in [0, 0.05) is 31.7 Å². The highest BCUT2D eigenvalue weighted by Crippen LogP contribution is 2.31. The van der Waals surface area contributed by atoms with Crippen molar-refractivity contribution in [1.29, 1.82) is 0 Å². The second-order valence-electron chi connectivity index (χ2n) is 6.23. The molecule has 0 spiro atoms. The van der Waals surface area contributed by atoms with E-state index in [1.54, 1.807) is 0 Å². The van der Waals surface area contributed by atoms with Gasteiger partial charge in [-0.25, -0.2) is 12.8 Å². The maximum Gasteiger partial charge on any atom is 0.416 e. The van der Waals surface area contributed by atoms with Crippen LogP contribution < -0.4 is 0 Å². The quantitative estimate of drug-likeness (QED) is 0.723. The van der Waals surface area contributed by atoms with E-state index in [1.807, 2.05) is 0 Å². The van der Waals surface area contributed by atoms with Crippen LogP contribution in [0.2, 0.25) is 0 Å². The predicted octanol–water partition coefficient (Wildman–Crippen LogP) is 2.99. The van der Waals surface area contributed by atoms with E-state index in [0.29, 0.717) is 6.07 Å². The van der Waals surface area contributed by atoms with Gasteiger partial charge in [0.2, 0.25) is 10.0 Å². The van der Waals surface area contributed by atoms with E-state index in [9.17, 15) is 30.8 Å². The second kappa shape index (κ2) is 7.51. The molecule has 0 saturated carbocycles. The Kier molecular flexibility index (Phi) is 5.44. The van der Waals surface area contributed by atoms with Gasteiger partial charge in [0.05, 0.1) is 10.5 Å². The van der Waals surface area contributed by atoms with E-state index < -0.39 is 38.4 Å². The average Bonchev–Trinajstić information content (AvgIpc) is 2.67. The van der Waals surface area contributed by atoms with E-state index in [-0.39, 0.29) is 31.7 Å². The zero-order chi connectivity index (χ0) is 20.5. The molecule has 150 valence electrons. The number of piperazine rings is 1. The molecule has 0 aliphatic carbocycles. The van der Waals surface area contributed by atoms with Crippen LogP contribution in [-0.4, -0.2) is 49.7 Å². The predicted molar refractivity (Wildman–Crippen MR) is 92.5 cm³/mol. The Morgan fingerprint density at radius 2 is 1.57 bits per heavy atom. The molecule has 1 aliphatic rings. The first-order valence-electron chi connectivity index (χ1n) is 8.31. The number of hydrogen-bond acceptors (Lipinski definition) is 3. The summed E-state index contributed by atoms with van der Waals surface area (Å²) in [5, 5.41) is 0. The summed E-state index contributed by atoms with van der Waals surface area (Å²) in [5.41, 5.74) is -0.900. The van der Waals surface area contributed by atoms with Crippen LogP contribution in [0.25, 0.3) is 0 Å². The highest BCUT2D eigenvalue weighted by Gasteiger charge is 2.34. The minimum absolute atomic E-state index is 0.0491. The first-order valence-corrected chi connectivity index (χ1v) is 9.75. The maximum absolute atomic E-state index is 13.3. The van der Waals surface area contributed by atoms with Crippen molar-refractivity contribution in [2.75, 3.05) is 26.2 Å². The Morgan fingerprint density at radius 1 is 0.929 bits per heavy atom. The van der Waals surface area contributed by atoms with Gasteiger partial charge < -0.3 is 4.90 Å². The number of amides is 1. The number of halogens is 4. The third-order valence-electron chi connectivity index (χ3n) is 4.40. The highest BCUT2D eigenvalue weighted by atomic mass is 32.2. The molecule has 3 rings (SSSR count). The number of benzene rings is 2. The lowest BCUT2D eigenvalue weighted by molar-refractivity contribution is -0.137. The topological polar surface area (TPSA) is 57.7 Å². The Balaban J connectivity index is 1.73. The molecule has 0 N–H and O–H groups in total. The summed E-state index contributed by atoms with van der Waals surface area (Å²) in [7, 11) is -4.13. The maximum atomic E-state index is 13.3. The Bertz CT molecular complexity index is 984. The zero-order valence-electron chi connectivity index (χ0n) is 14.5. The average molecular weight is 416 g/mol. The summed E-state index contributed by atoms with van der Waals surface area (Å²) in [6, 6.07) is 8.70. The highest BCUT2D eigenvalue weighted by molar-refractivity contribution is 7.89. The first-order chi connectivity index (χ1) is 13.1. The van der Waals surface area contributed by atoms with Crippen molar-refractivity contribution in [3.63, 3.8) is 0 Å². The molecule has 5 nitrogen and oxygen atoms in total. The smallest absolute Gasteiger partial charge is 0.336 e. The fraction of sp³-hybridized carbons (Fsp3) is 0.278. The van der Waals surface area contributed by atoms with Crippen LogP contribution in [0.4, 0.5) is 17.6 Å². The number of carbonyl (C=O) groups excluding carboxylic acids is 1. The fourth-order valence-corrected chi connectivity index (χ4v) is 4.39. The van der Waals surface area contributed by atoms with Gasteiger partial charge in [0.15, 0.2) is 0 Å². The van der Waals surface area contributed by atoms with Crippen LogP contribution in [0.1, 0.15) is 15.9 Å². The van der Waals surface area contributed by atoms with E-state index in [2.05, 4.69) is 0 Å². The van der Waals surface area contributed by atoms with Crippen molar-refractivity contribution < 1.29 is 30.8 Å². The van der Waals surface area contributed by atoms with Crippen molar-refractivity contribution in [2.45, 2.75) is 11.1 Å². The van der Waals surface area contributed by atoms with Crippen LogP contribution in [0, 0.1) is 5.82 Å². The molecule has 10 heteroatoms. The molecule has 1 aliphatic heterocycles. The normalized spacial score (nSPS) is 16.2. The lowest BCUT2D eigenvalue weighted by atomic mass is 10.2. The van der Waals surface area contributed by atoms with Gasteiger partial charge in [-0.15, -0.1) is 0 Å². The number of alkyl halides is 3. The number of carbonyl (C=O) groups is 1. The van der Waals surface area contributed by atoms with Crippen LogP contribution in [-0.2, 0) is 16.2 Å². The molecule has 0 radical (unpaired) electrons. The van der Waals surface area contributed by atoms with Crippen molar-refractivity contribution in [3.05, 3.63) is 65.5 Å². The molecule has 2 aromatic rings. The van der Waals surface area contributed by atoms with Gasteiger partial charge in [0.1, 0.15) is 5.82 Å². The summed E-state index contributed by atoms with van der Waals surface area (Å²) in [4.78, 5) is 13.3. The molecule has 1 heterocycles. The van der Waals surface area contributed by atoms with E-state index in [1.165, 1.54) is 23.1 Å². The minimum atomic E-state index is -4.65. The van der Waals surface area contributed by atoms with E-state index >= 15 is 0 Å². The Labute approximate surface area is 159 Å². The van der Waals surface area contributed by atoms with Gasteiger partial charge in [-0.2, -0.15) is 17.5 Å².